The van der Waals surface area contributed by atoms with Crippen molar-refractivity contribution in [3.8, 4) is 5.75 Å². The SMILES string of the molecule is COC(=O)c1ccc(OC(=O)[C@@H]2CC(=O)N(Cc3ccc(C)cc3)C2)cc1. The summed E-state index contributed by atoms with van der Waals surface area (Å²) in [5, 5.41) is 0. The van der Waals surface area contributed by atoms with Crippen molar-refractivity contribution in [2.75, 3.05) is 13.7 Å². The summed E-state index contributed by atoms with van der Waals surface area (Å²) >= 11 is 0. The van der Waals surface area contributed by atoms with Gasteiger partial charge in [-0.2, -0.15) is 0 Å². The molecule has 1 aliphatic rings. The number of aryl methyl sites for hydroxylation is 1. The van der Waals surface area contributed by atoms with Crippen molar-refractivity contribution in [1.29, 1.82) is 0 Å². The highest BCUT2D eigenvalue weighted by atomic mass is 16.5. The Bertz CT molecular complexity index is 842. The minimum absolute atomic E-state index is 0.0569. The zero-order valence-electron chi connectivity index (χ0n) is 15.3. The van der Waals surface area contributed by atoms with Crippen LogP contribution in [0.1, 0.15) is 27.9 Å². The molecule has 6 heteroatoms. The fourth-order valence-corrected chi connectivity index (χ4v) is 2.97. The highest BCUT2D eigenvalue weighted by Gasteiger charge is 2.35. The van der Waals surface area contributed by atoms with Crippen molar-refractivity contribution >= 4 is 17.8 Å². The lowest BCUT2D eigenvalue weighted by atomic mass is 10.1. The first-order chi connectivity index (χ1) is 13.0. The average molecular weight is 367 g/mol. The molecule has 2 aromatic rings. The Kier molecular flexibility index (Phi) is 5.54. The molecule has 0 radical (unpaired) electrons. The minimum atomic E-state index is -0.497. The number of carbonyl (C=O) groups is 3. The number of hydrogen-bond acceptors (Lipinski definition) is 5. The van der Waals surface area contributed by atoms with Crippen molar-refractivity contribution < 1.29 is 23.9 Å². The Hall–Kier alpha value is -3.15. The van der Waals surface area contributed by atoms with Crippen LogP contribution < -0.4 is 4.74 Å². The third kappa shape index (κ3) is 4.53. The number of benzene rings is 2. The monoisotopic (exact) mass is 367 g/mol. The number of carbonyl (C=O) groups excluding carboxylic acids is 3. The van der Waals surface area contributed by atoms with Gasteiger partial charge in [-0.05, 0) is 36.8 Å². The van der Waals surface area contributed by atoms with Crippen LogP contribution in [0.3, 0.4) is 0 Å². The molecular formula is C21H21NO5. The number of esters is 2. The average Bonchev–Trinajstić information content (AvgIpc) is 3.04. The van der Waals surface area contributed by atoms with E-state index in [9.17, 15) is 14.4 Å². The second-order valence-electron chi connectivity index (χ2n) is 6.60. The van der Waals surface area contributed by atoms with Crippen molar-refractivity contribution in [3.05, 3.63) is 65.2 Å². The maximum Gasteiger partial charge on any atom is 0.337 e. The van der Waals surface area contributed by atoms with Crippen LogP contribution in [0.5, 0.6) is 5.75 Å². The van der Waals surface area contributed by atoms with Crippen LogP contribution in [-0.4, -0.2) is 36.4 Å². The van der Waals surface area contributed by atoms with Crippen molar-refractivity contribution in [2.24, 2.45) is 5.92 Å². The maximum atomic E-state index is 12.4. The molecule has 27 heavy (non-hydrogen) atoms. The number of likely N-dealkylation sites (tertiary alicyclic amines) is 1. The molecule has 2 aromatic carbocycles. The largest absolute Gasteiger partial charge is 0.465 e. The van der Waals surface area contributed by atoms with Crippen LogP contribution in [0.2, 0.25) is 0 Å². The van der Waals surface area contributed by atoms with Gasteiger partial charge >= 0.3 is 11.9 Å². The van der Waals surface area contributed by atoms with Crippen LogP contribution in [-0.2, 0) is 20.9 Å². The Balaban J connectivity index is 1.58. The normalized spacial score (nSPS) is 16.3. The predicted octanol–water partition coefficient (Wildman–Crippen LogP) is 2.74. The van der Waals surface area contributed by atoms with Crippen LogP contribution in [0.15, 0.2) is 48.5 Å². The minimum Gasteiger partial charge on any atom is -0.465 e. The highest BCUT2D eigenvalue weighted by molar-refractivity contribution is 5.90. The predicted molar refractivity (Wildman–Crippen MR) is 98.1 cm³/mol. The number of rotatable bonds is 5. The number of hydrogen-bond donors (Lipinski definition) is 0. The molecule has 0 aromatic heterocycles. The number of methoxy groups -OCH3 is 1. The number of ether oxygens (including phenoxy) is 2. The molecule has 3 rings (SSSR count). The standard InChI is InChI=1S/C21H21NO5/c1-14-3-5-15(6-4-14)12-22-13-17(11-19(22)23)21(25)27-18-9-7-16(8-10-18)20(24)26-2/h3-10,17H,11-13H2,1-2H3/t17-/m1/s1. The Morgan fingerprint density at radius 1 is 1.07 bits per heavy atom. The van der Waals surface area contributed by atoms with Gasteiger partial charge in [0.15, 0.2) is 0 Å². The van der Waals surface area contributed by atoms with E-state index in [4.69, 9.17) is 4.74 Å². The molecule has 0 unspecified atom stereocenters. The van der Waals surface area contributed by atoms with Crippen molar-refractivity contribution in [1.82, 2.24) is 4.90 Å². The molecule has 0 N–H and O–H groups in total. The van der Waals surface area contributed by atoms with Gasteiger partial charge in [0.2, 0.25) is 5.91 Å². The van der Waals surface area contributed by atoms with Crippen molar-refractivity contribution in [3.63, 3.8) is 0 Å². The molecule has 1 saturated heterocycles. The van der Waals surface area contributed by atoms with E-state index in [0.717, 1.165) is 11.1 Å². The van der Waals surface area contributed by atoms with Gasteiger partial charge in [-0.3, -0.25) is 9.59 Å². The molecule has 6 nitrogen and oxygen atoms in total. The van der Waals surface area contributed by atoms with Crippen LogP contribution in [0.4, 0.5) is 0 Å². The van der Waals surface area contributed by atoms with E-state index in [0.29, 0.717) is 24.4 Å². The van der Waals surface area contributed by atoms with Gasteiger partial charge in [-0.1, -0.05) is 29.8 Å². The number of nitrogens with zero attached hydrogens (tertiary/aromatic N) is 1. The molecule has 140 valence electrons. The smallest absolute Gasteiger partial charge is 0.337 e. The molecule has 1 atom stereocenters. The quantitative estimate of drug-likeness (QED) is 0.600. The van der Waals surface area contributed by atoms with E-state index in [1.807, 2.05) is 31.2 Å². The summed E-state index contributed by atoms with van der Waals surface area (Å²) in [4.78, 5) is 37.7. The second-order valence-corrected chi connectivity index (χ2v) is 6.60. The fourth-order valence-electron chi connectivity index (χ4n) is 2.97. The van der Waals surface area contributed by atoms with E-state index in [-0.39, 0.29) is 12.3 Å². The molecule has 0 spiro atoms. The third-order valence-corrected chi connectivity index (χ3v) is 4.54. The second kappa shape index (κ2) is 8.03. The summed E-state index contributed by atoms with van der Waals surface area (Å²) in [6.45, 7) is 2.83. The molecule has 0 bridgehead atoms. The highest BCUT2D eigenvalue weighted by Crippen LogP contribution is 2.23. The van der Waals surface area contributed by atoms with E-state index in [2.05, 4.69) is 4.74 Å². The van der Waals surface area contributed by atoms with E-state index in [1.54, 1.807) is 4.90 Å². The molecule has 0 saturated carbocycles. The first-order valence-electron chi connectivity index (χ1n) is 8.69. The maximum absolute atomic E-state index is 12.4. The van der Waals surface area contributed by atoms with Gasteiger partial charge in [0.05, 0.1) is 18.6 Å². The Labute approximate surface area is 157 Å². The van der Waals surface area contributed by atoms with E-state index >= 15 is 0 Å². The van der Waals surface area contributed by atoms with E-state index in [1.165, 1.54) is 31.4 Å². The Morgan fingerprint density at radius 3 is 2.37 bits per heavy atom. The zero-order chi connectivity index (χ0) is 19.4. The number of amides is 1. The fraction of sp³-hybridized carbons (Fsp3) is 0.286. The first kappa shape index (κ1) is 18.6. The van der Waals surface area contributed by atoms with Gasteiger partial charge in [0.25, 0.3) is 0 Å². The summed E-state index contributed by atoms with van der Waals surface area (Å²) in [6.07, 6.45) is 0.144. The molecule has 0 aliphatic carbocycles. The molecule has 1 heterocycles. The van der Waals surface area contributed by atoms with Gasteiger partial charge in [0, 0.05) is 19.5 Å². The zero-order valence-corrected chi connectivity index (χ0v) is 15.3. The topological polar surface area (TPSA) is 72.9 Å². The van der Waals surface area contributed by atoms with Crippen LogP contribution in [0, 0.1) is 12.8 Å². The summed E-state index contributed by atoms with van der Waals surface area (Å²) in [7, 11) is 1.30. The molecule has 1 aliphatic heterocycles. The lowest BCUT2D eigenvalue weighted by Crippen LogP contribution is -2.27. The summed E-state index contributed by atoms with van der Waals surface area (Å²) in [5.41, 5.74) is 2.56. The lowest BCUT2D eigenvalue weighted by molar-refractivity contribution is -0.139. The first-order valence-corrected chi connectivity index (χ1v) is 8.69. The summed E-state index contributed by atoms with van der Waals surface area (Å²) in [6, 6.07) is 14.1. The molecule has 1 fully saturated rings. The Morgan fingerprint density at radius 2 is 1.74 bits per heavy atom. The van der Waals surface area contributed by atoms with Gasteiger partial charge in [-0.15, -0.1) is 0 Å². The van der Waals surface area contributed by atoms with Gasteiger partial charge < -0.3 is 14.4 Å². The van der Waals surface area contributed by atoms with E-state index < -0.39 is 17.9 Å². The molecular weight excluding hydrogens is 346 g/mol. The van der Waals surface area contributed by atoms with Gasteiger partial charge in [-0.25, -0.2) is 4.79 Å². The molecule has 1 amide bonds. The van der Waals surface area contributed by atoms with Gasteiger partial charge in [0.1, 0.15) is 5.75 Å². The summed E-state index contributed by atoms with van der Waals surface area (Å²) < 4.78 is 9.99. The lowest BCUT2D eigenvalue weighted by Gasteiger charge is -2.16. The van der Waals surface area contributed by atoms with Crippen LogP contribution in [0.25, 0.3) is 0 Å². The summed E-state index contributed by atoms with van der Waals surface area (Å²) in [5.74, 6) is -1.12. The van der Waals surface area contributed by atoms with Crippen molar-refractivity contribution in [2.45, 2.75) is 19.9 Å². The third-order valence-electron chi connectivity index (χ3n) is 4.54. The van der Waals surface area contributed by atoms with Crippen LogP contribution >= 0.6 is 0 Å².